The number of carbonyl (C=O) groups excluding carboxylic acids is 3. The summed E-state index contributed by atoms with van der Waals surface area (Å²) in [6, 6.07) is 13.9. The summed E-state index contributed by atoms with van der Waals surface area (Å²) in [5.74, 6) is -0.221. The topological polar surface area (TPSA) is 83.7 Å². The van der Waals surface area contributed by atoms with Gasteiger partial charge in [0, 0.05) is 23.8 Å². The number of carbonyl (C=O) groups is 3. The largest absolute Gasteiger partial charge is 0.459 e. The van der Waals surface area contributed by atoms with Crippen molar-refractivity contribution in [1.82, 2.24) is 14.8 Å². The van der Waals surface area contributed by atoms with Crippen molar-refractivity contribution in [2.24, 2.45) is 0 Å². The Hall–Kier alpha value is -3.45. The minimum absolute atomic E-state index is 0.0755. The highest BCUT2D eigenvalue weighted by atomic mass is 35.5. The van der Waals surface area contributed by atoms with E-state index in [0.717, 1.165) is 10.5 Å². The number of benzene rings is 1. The SMILES string of the molecule is CN(Cc1ccc(-c2ccc(Cl)cc2)o1)C(=O)CN1C(=O)c2cccnc2C1=O. The number of likely N-dealkylation sites (N-methyl/N-ethyl adjacent to an activating group) is 1. The van der Waals surface area contributed by atoms with Crippen molar-refractivity contribution >= 4 is 29.3 Å². The Labute approximate surface area is 171 Å². The predicted octanol–water partition coefficient (Wildman–Crippen LogP) is 3.25. The van der Waals surface area contributed by atoms with Crippen molar-refractivity contribution in [3.63, 3.8) is 0 Å². The molecule has 146 valence electrons. The lowest BCUT2D eigenvalue weighted by atomic mass is 10.2. The fraction of sp³-hybridized carbons (Fsp3) is 0.143. The molecule has 3 heterocycles. The number of nitrogens with zero attached hydrogens (tertiary/aromatic N) is 3. The Morgan fingerprint density at radius 2 is 1.86 bits per heavy atom. The summed E-state index contributed by atoms with van der Waals surface area (Å²) in [6.07, 6.45) is 1.44. The molecule has 3 aromatic rings. The highest BCUT2D eigenvalue weighted by Gasteiger charge is 2.38. The van der Waals surface area contributed by atoms with Gasteiger partial charge in [0.15, 0.2) is 0 Å². The van der Waals surface area contributed by atoms with Crippen molar-refractivity contribution in [3.05, 3.63) is 76.8 Å². The summed E-state index contributed by atoms with van der Waals surface area (Å²) in [5.41, 5.74) is 1.16. The van der Waals surface area contributed by atoms with Crippen LogP contribution in [-0.2, 0) is 11.3 Å². The standard InChI is InChI=1S/C21H16ClN3O4/c1-24(11-15-8-9-17(29-15)13-4-6-14(22)7-5-13)18(26)12-25-20(27)16-3-2-10-23-19(16)21(25)28/h2-10H,11-12H2,1H3. The zero-order chi connectivity index (χ0) is 20.5. The monoisotopic (exact) mass is 409 g/mol. The van der Waals surface area contributed by atoms with E-state index in [-0.39, 0.29) is 30.3 Å². The van der Waals surface area contributed by atoms with E-state index in [9.17, 15) is 14.4 Å². The van der Waals surface area contributed by atoms with Gasteiger partial charge in [-0.1, -0.05) is 11.6 Å². The Bertz CT molecular complexity index is 1070. The third kappa shape index (κ3) is 3.64. The molecule has 0 atom stereocenters. The molecule has 0 bridgehead atoms. The molecule has 1 aliphatic rings. The number of rotatable bonds is 5. The number of hydrogen-bond donors (Lipinski definition) is 0. The molecule has 0 N–H and O–H groups in total. The van der Waals surface area contributed by atoms with Crippen LogP contribution in [0.1, 0.15) is 26.6 Å². The molecule has 0 spiro atoms. The molecule has 0 unspecified atom stereocenters. The van der Waals surface area contributed by atoms with Gasteiger partial charge in [0.05, 0.1) is 12.1 Å². The predicted molar refractivity (Wildman–Crippen MR) is 105 cm³/mol. The first kappa shape index (κ1) is 18.9. The van der Waals surface area contributed by atoms with Crippen LogP contribution in [0.2, 0.25) is 5.02 Å². The number of fused-ring (bicyclic) bond motifs is 1. The van der Waals surface area contributed by atoms with Crippen LogP contribution in [0.4, 0.5) is 0 Å². The van der Waals surface area contributed by atoms with Crippen LogP contribution < -0.4 is 0 Å². The van der Waals surface area contributed by atoms with E-state index >= 15 is 0 Å². The normalized spacial score (nSPS) is 13.0. The van der Waals surface area contributed by atoms with Gasteiger partial charge in [-0.05, 0) is 48.5 Å². The van der Waals surface area contributed by atoms with E-state index in [4.69, 9.17) is 16.0 Å². The average molecular weight is 410 g/mol. The molecule has 0 saturated heterocycles. The van der Waals surface area contributed by atoms with Gasteiger partial charge >= 0.3 is 0 Å². The molecular weight excluding hydrogens is 394 g/mol. The Kier molecular flexibility index (Phi) is 4.90. The van der Waals surface area contributed by atoms with Gasteiger partial charge in [0.1, 0.15) is 23.8 Å². The maximum Gasteiger partial charge on any atom is 0.280 e. The molecule has 3 amide bonds. The molecule has 0 aliphatic carbocycles. The zero-order valence-electron chi connectivity index (χ0n) is 15.5. The molecular formula is C21H16ClN3O4. The average Bonchev–Trinajstić information content (AvgIpc) is 3.28. The van der Waals surface area contributed by atoms with Crippen molar-refractivity contribution in [3.8, 4) is 11.3 Å². The van der Waals surface area contributed by atoms with Crippen molar-refractivity contribution in [1.29, 1.82) is 0 Å². The van der Waals surface area contributed by atoms with E-state index in [1.54, 1.807) is 31.3 Å². The first-order valence-electron chi connectivity index (χ1n) is 8.84. The fourth-order valence-electron chi connectivity index (χ4n) is 3.07. The summed E-state index contributed by atoms with van der Waals surface area (Å²) < 4.78 is 5.80. The molecule has 2 aromatic heterocycles. The van der Waals surface area contributed by atoms with Crippen LogP contribution >= 0.6 is 11.6 Å². The van der Waals surface area contributed by atoms with E-state index in [0.29, 0.717) is 16.5 Å². The second-order valence-corrected chi connectivity index (χ2v) is 7.06. The van der Waals surface area contributed by atoms with Crippen molar-refractivity contribution in [2.75, 3.05) is 13.6 Å². The number of furan rings is 1. The number of imide groups is 1. The summed E-state index contributed by atoms with van der Waals surface area (Å²) in [4.78, 5) is 43.5. The third-order valence-corrected chi connectivity index (χ3v) is 4.89. The van der Waals surface area contributed by atoms with E-state index in [1.165, 1.54) is 17.2 Å². The Morgan fingerprint density at radius 1 is 1.10 bits per heavy atom. The number of hydrogen-bond acceptors (Lipinski definition) is 5. The molecule has 7 nitrogen and oxygen atoms in total. The van der Waals surface area contributed by atoms with E-state index in [2.05, 4.69) is 4.98 Å². The van der Waals surface area contributed by atoms with Gasteiger partial charge in [-0.2, -0.15) is 0 Å². The summed E-state index contributed by atoms with van der Waals surface area (Å²) >= 11 is 5.90. The maximum atomic E-state index is 12.6. The minimum Gasteiger partial charge on any atom is -0.459 e. The van der Waals surface area contributed by atoms with E-state index < -0.39 is 11.8 Å². The maximum absolute atomic E-state index is 12.6. The van der Waals surface area contributed by atoms with Crippen LogP contribution in [0.15, 0.2) is 59.1 Å². The van der Waals surface area contributed by atoms with E-state index in [1.807, 2.05) is 18.2 Å². The quantitative estimate of drug-likeness (QED) is 0.604. The summed E-state index contributed by atoms with van der Waals surface area (Å²) in [7, 11) is 1.59. The first-order chi connectivity index (χ1) is 13.9. The van der Waals surface area contributed by atoms with Gasteiger partial charge < -0.3 is 9.32 Å². The van der Waals surface area contributed by atoms with Crippen molar-refractivity contribution in [2.45, 2.75) is 6.54 Å². The molecule has 1 aliphatic heterocycles. The molecule has 1 aromatic carbocycles. The minimum atomic E-state index is -0.560. The van der Waals surface area contributed by atoms with Gasteiger partial charge in [-0.3, -0.25) is 24.3 Å². The molecule has 0 saturated carbocycles. The van der Waals surface area contributed by atoms with Crippen molar-refractivity contribution < 1.29 is 18.8 Å². The van der Waals surface area contributed by atoms with Crippen LogP contribution in [0.3, 0.4) is 0 Å². The van der Waals surface area contributed by atoms with Gasteiger partial charge in [-0.15, -0.1) is 0 Å². The van der Waals surface area contributed by atoms with Crippen LogP contribution in [0.5, 0.6) is 0 Å². The highest BCUT2D eigenvalue weighted by molar-refractivity contribution is 6.30. The molecule has 0 fully saturated rings. The Morgan fingerprint density at radius 3 is 2.59 bits per heavy atom. The summed E-state index contributed by atoms with van der Waals surface area (Å²) in [6.45, 7) is -0.150. The van der Waals surface area contributed by atoms with Crippen LogP contribution in [0, 0.1) is 0 Å². The first-order valence-corrected chi connectivity index (χ1v) is 9.21. The highest BCUT2D eigenvalue weighted by Crippen LogP contribution is 2.25. The van der Waals surface area contributed by atoms with Crippen LogP contribution in [-0.4, -0.2) is 46.1 Å². The molecule has 29 heavy (non-hydrogen) atoms. The second kappa shape index (κ2) is 7.52. The van der Waals surface area contributed by atoms with Gasteiger partial charge in [-0.25, -0.2) is 0 Å². The van der Waals surface area contributed by atoms with Crippen LogP contribution in [0.25, 0.3) is 11.3 Å². The Balaban J connectivity index is 1.41. The lowest BCUT2D eigenvalue weighted by Crippen LogP contribution is -2.41. The number of halogens is 1. The fourth-order valence-corrected chi connectivity index (χ4v) is 3.19. The van der Waals surface area contributed by atoms with Gasteiger partial charge in [0.25, 0.3) is 11.8 Å². The lowest BCUT2D eigenvalue weighted by molar-refractivity contribution is -0.130. The third-order valence-electron chi connectivity index (χ3n) is 4.63. The van der Waals surface area contributed by atoms with Gasteiger partial charge in [0.2, 0.25) is 5.91 Å². The molecule has 0 radical (unpaired) electrons. The smallest absolute Gasteiger partial charge is 0.280 e. The number of aromatic nitrogens is 1. The second-order valence-electron chi connectivity index (χ2n) is 6.62. The number of amides is 3. The molecule has 8 heteroatoms. The summed E-state index contributed by atoms with van der Waals surface area (Å²) in [5, 5.41) is 0.634. The number of pyridine rings is 1. The lowest BCUT2D eigenvalue weighted by Gasteiger charge is -2.19. The molecule has 4 rings (SSSR count). The zero-order valence-corrected chi connectivity index (χ0v) is 16.2.